The van der Waals surface area contributed by atoms with Crippen molar-refractivity contribution in [3.05, 3.63) is 51.3 Å². The summed E-state index contributed by atoms with van der Waals surface area (Å²) < 4.78 is 1.24. The number of benzene rings is 1. The second-order valence-electron chi connectivity index (χ2n) is 8.95. The Bertz CT molecular complexity index is 1090. The molecular weight excluding hydrogens is 438 g/mol. The van der Waals surface area contributed by atoms with Crippen molar-refractivity contribution in [2.24, 2.45) is 5.92 Å². The van der Waals surface area contributed by atoms with Crippen LogP contribution in [0.25, 0.3) is 10.1 Å². The molecule has 7 heteroatoms. The zero-order valence-corrected chi connectivity index (χ0v) is 19.9. The highest BCUT2D eigenvalue weighted by Gasteiger charge is 2.30. The molecule has 0 bridgehead atoms. The van der Waals surface area contributed by atoms with Crippen molar-refractivity contribution in [2.45, 2.75) is 57.4 Å². The van der Waals surface area contributed by atoms with Crippen LogP contribution >= 0.6 is 22.7 Å². The van der Waals surface area contributed by atoms with Gasteiger partial charge in [0.1, 0.15) is 5.69 Å². The standard InChI is InChI=1S/C25H29N3O2S2/c29-23(26-14-19-15-31-22-9-5-4-8-20(19)22)21-16-32-24(27-21)17-10-12-28(13-11-17)25(30)18-6-2-1-3-7-18/h4-5,8-9,15-18H,1-3,6-7,10-14H2,(H,26,29). The third-order valence-electron chi connectivity index (χ3n) is 6.87. The predicted molar refractivity (Wildman–Crippen MR) is 130 cm³/mol. The number of nitrogens with zero attached hydrogens (tertiary/aromatic N) is 2. The molecule has 2 fully saturated rings. The summed E-state index contributed by atoms with van der Waals surface area (Å²) in [5.74, 6) is 0.838. The molecule has 5 rings (SSSR count). The average molecular weight is 468 g/mol. The van der Waals surface area contributed by atoms with Gasteiger partial charge in [0.2, 0.25) is 5.91 Å². The lowest BCUT2D eigenvalue weighted by Crippen LogP contribution is -2.41. The Morgan fingerprint density at radius 1 is 1.00 bits per heavy atom. The molecular formula is C25H29N3O2S2. The van der Waals surface area contributed by atoms with Gasteiger partial charge in [-0.15, -0.1) is 22.7 Å². The smallest absolute Gasteiger partial charge is 0.271 e. The molecule has 0 atom stereocenters. The van der Waals surface area contributed by atoms with E-state index < -0.39 is 0 Å². The maximum atomic E-state index is 12.8. The van der Waals surface area contributed by atoms with Gasteiger partial charge < -0.3 is 10.2 Å². The number of carbonyl (C=O) groups excluding carboxylic acids is 2. The van der Waals surface area contributed by atoms with Crippen LogP contribution in [0.3, 0.4) is 0 Å². The zero-order valence-electron chi connectivity index (χ0n) is 18.2. The first-order valence-corrected chi connectivity index (χ1v) is 13.4. The van der Waals surface area contributed by atoms with E-state index in [2.05, 4.69) is 32.7 Å². The number of rotatable bonds is 5. The third-order valence-corrected chi connectivity index (χ3v) is 8.88. The first-order chi connectivity index (χ1) is 15.7. The number of nitrogens with one attached hydrogen (secondary N) is 1. The van der Waals surface area contributed by atoms with Crippen molar-refractivity contribution >= 4 is 44.6 Å². The van der Waals surface area contributed by atoms with Crippen LogP contribution in [0, 0.1) is 5.92 Å². The molecule has 1 aromatic carbocycles. The number of hydrogen-bond acceptors (Lipinski definition) is 5. The molecule has 32 heavy (non-hydrogen) atoms. The van der Waals surface area contributed by atoms with Gasteiger partial charge in [-0.05, 0) is 48.1 Å². The van der Waals surface area contributed by atoms with Crippen molar-refractivity contribution in [2.75, 3.05) is 13.1 Å². The number of carbonyl (C=O) groups is 2. The van der Waals surface area contributed by atoms with Crippen LogP contribution in [0.1, 0.15) is 71.9 Å². The summed E-state index contributed by atoms with van der Waals surface area (Å²) >= 11 is 3.28. The lowest BCUT2D eigenvalue weighted by molar-refractivity contribution is -0.137. The van der Waals surface area contributed by atoms with Gasteiger partial charge in [-0.2, -0.15) is 0 Å². The van der Waals surface area contributed by atoms with Crippen molar-refractivity contribution < 1.29 is 9.59 Å². The molecule has 1 aliphatic heterocycles. The summed E-state index contributed by atoms with van der Waals surface area (Å²) in [6.07, 6.45) is 7.66. The Labute approximate surface area is 196 Å². The van der Waals surface area contributed by atoms with Gasteiger partial charge in [0.15, 0.2) is 0 Å². The van der Waals surface area contributed by atoms with Crippen LogP contribution in [-0.2, 0) is 11.3 Å². The highest BCUT2D eigenvalue weighted by atomic mass is 32.1. The SMILES string of the molecule is O=C(NCc1csc2ccccc12)c1csc(C2CCN(C(=O)C3CCCCC3)CC2)n1. The Morgan fingerprint density at radius 2 is 1.78 bits per heavy atom. The number of piperidine rings is 1. The number of aromatic nitrogens is 1. The maximum Gasteiger partial charge on any atom is 0.271 e. The normalized spacial score (nSPS) is 18.2. The van der Waals surface area contributed by atoms with Crippen molar-refractivity contribution in [1.29, 1.82) is 0 Å². The minimum Gasteiger partial charge on any atom is -0.347 e. The van der Waals surface area contributed by atoms with E-state index in [4.69, 9.17) is 0 Å². The van der Waals surface area contributed by atoms with Gasteiger partial charge in [-0.25, -0.2) is 4.98 Å². The first-order valence-electron chi connectivity index (χ1n) is 11.7. The highest BCUT2D eigenvalue weighted by Crippen LogP contribution is 2.33. The molecule has 3 aromatic rings. The molecule has 1 saturated carbocycles. The lowest BCUT2D eigenvalue weighted by atomic mass is 9.87. The second kappa shape index (κ2) is 9.71. The number of hydrogen-bond donors (Lipinski definition) is 1. The van der Waals surface area contributed by atoms with Crippen LogP contribution in [0.15, 0.2) is 35.0 Å². The monoisotopic (exact) mass is 467 g/mol. The van der Waals surface area contributed by atoms with E-state index in [0.29, 0.717) is 24.1 Å². The van der Waals surface area contributed by atoms with Crippen LogP contribution < -0.4 is 5.32 Å². The molecule has 0 unspecified atom stereocenters. The van der Waals surface area contributed by atoms with Gasteiger partial charge in [0.25, 0.3) is 5.91 Å². The van der Waals surface area contributed by atoms with E-state index in [1.807, 2.05) is 17.5 Å². The fourth-order valence-electron chi connectivity index (χ4n) is 4.97. The Balaban J connectivity index is 1.14. The van der Waals surface area contributed by atoms with Gasteiger partial charge in [0.05, 0.1) is 5.01 Å². The van der Waals surface area contributed by atoms with Crippen molar-refractivity contribution in [3.63, 3.8) is 0 Å². The molecule has 1 N–H and O–H groups in total. The minimum atomic E-state index is -0.118. The Morgan fingerprint density at radius 3 is 2.59 bits per heavy atom. The summed E-state index contributed by atoms with van der Waals surface area (Å²) in [5, 5.41) is 9.24. The fourth-order valence-corrected chi connectivity index (χ4v) is 6.90. The van der Waals surface area contributed by atoms with E-state index in [0.717, 1.165) is 49.3 Å². The predicted octanol–water partition coefficient (Wildman–Crippen LogP) is 5.57. The largest absolute Gasteiger partial charge is 0.347 e. The van der Waals surface area contributed by atoms with Crippen molar-refractivity contribution in [3.8, 4) is 0 Å². The third kappa shape index (κ3) is 4.59. The van der Waals surface area contributed by atoms with Gasteiger partial charge in [0, 0.05) is 41.6 Å². The number of thiophene rings is 1. The number of thiazole rings is 1. The van der Waals surface area contributed by atoms with Crippen LogP contribution in [-0.4, -0.2) is 34.8 Å². The van der Waals surface area contributed by atoms with Crippen LogP contribution in [0.4, 0.5) is 0 Å². The number of amides is 2. The van der Waals surface area contributed by atoms with E-state index in [1.165, 1.54) is 29.3 Å². The molecule has 2 aromatic heterocycles. The molecule has 2 aliphatic rings. The Hall–Kier alpha value is -2.25. The van der Waals surface area contributed by atoms with E-state index >= 15 is 0 Å². The van der Waals surface area contributed by atoms with E-state index in [9.17, 15) is 9.59 Å². The minimum absolute atomic E-state index is 0.118. The molecule has 5 nitrogen and oxygen atoms in total. The number of fused-ring (bicyclic) bond motifs is 1. The topological polar surface area (TPSA) is 62.3 Å². The molecule has 1 saturated heterocycles. The summed E-state index contributed by atoms with van der Waals surface area (Å²) in [6, 6.07) is 8.27. The Kier molecular flexibility index (Phi) is 6.55. The van der Waals surface area contributed by atoms with Crippen molar-refractivity contribution in [1.82, 2.24) is 15.2 Å². The molecule has 0 radical (unpaired) electrons. The van der Waals surface area contributed by atoms with Gasteiger partial charge in [-0.1, -0.05) is 37.5 Å². The summed E-state index contributed by atoms with van der Waals surface area (Å²) in [6.45, 7) is 2.13. The lowest BCUT2D eigenvalue weighted by Gasteiger charge is -2.34. The van der Waals surface area contributed by atoms with Crippen LogP contribution in [0.2, 0.25) is 0 Å². The van der Waals surface area contributed by atoms with Gasteiger partial charge in [-0.3, -0.25) is 9.59 Å². The summed E-state index contributed by atoms with van der Waals surface area (Å²) in [5.41, 5.74) is 1.65. The molecule has 2 amide bonds. The summed E-state index contributed by atoms with van der Waals surface area (Å²) in [4.78, 5) is 32.2. The molecule has 0 spiro atoms. The maximum absolute atomic E-state index is 12.8. The quantitative estimate of drug-likeness (QED) is 0.533. The fraction of sp³-hybridized carbons (Fsp3) is 0.480. The van der Waals surface area contributed by atoms with E-state index in [-0.39, 0.29) is 11.8 Å². The first kappa shape index (κ1) is 21.6. The molecule has 168 valence electrons. The number of likely N-dealkylation sites (tertiary alicyclic amines) is 1. The highest BCUT2D eigenvalue weighted by molar-refractivity contribution is 7.17. The summed E-state index contributed by atoms with van der Waals surface area (Å²) in [7, 11) is 0. The van der Waals surface area contributed by atoms with E-state index in [1.54, 1.807) is 22.7 Å². The van der Waals surface area contributed by atoms with Gasteiger partial charge >= 0.3 is 0 Å². The average Bonchev–Trinajstić information content (AvgIpc) is 3.51. The van der Waals surface area contributed by atoms with Crippen LogP contribution in [0.5, 0.6) is 0 Å². The molecule has 1 aliphatic carbocycles. The zero-order chi connectivity index (χ0) is 21.9. The molecule has 3 heterocycles. The second-order valence-corrected chi connectivity index (χ2v) is 10.7.